The van der Waals surface area contributed by atoms with Crippen molar-refractivity contribution in [3.05, 3.63) is 29.6 Å². The normalized spacial score (nSPS) is 18.1. The van der Waals surface area contributed by atoms with Gasteiger partial charge < -0.3 is 5.73 Å². The van der Waals surface area contributed by atoms with Gasteiger partial charge in [-0.1, -0.05) is 25.8 Å². The predicted octanol–water partition coefficient (Wildman–Crippen LogP) is 2.44. The van der Waals surface area contributed by atoms with Gasteiger partial charge >= 0.3 is 0 Å². The SMILES string of the molecule is CCc1cccnc1C(N)CC1CC1. The molecule has 14 heavy (non-hydrogen) atoms. The van der Waals surface area contributed by atoms with Crippen LogP contribution >= 0.6 is 0 Å². The highest BCUT2D eigenvalue weighted by Gasteiger charge is 2.25. The van der Waals surface area contributed by atoms with E-state index >= 15 is 0 Å². The zero-order chi connectivity index (χ0) is 9.97. The van der Waals surface area contributed by atoms with Crippen molar-refractivity contribution < 1.29 is 0 Å². The van der Waals surface area contributed by atoms with Crippen LogP contribution in [0.5, 0.6) is 0 Å². The molecule has 0 bridgehead atoms. The summed E-state index contributed by atoms with van der Waals surface area (Å²) >= 11 is 0. The maximum absolute atomic E-state index is 6.15. The molecule has 1 aliphatic carbocycles. The Balaban J connectivity index is 2.11. The molecule has 1 unspecified atom stereocenters. The fraction of sp³-hybridized carbons (Fsp3) is 0.583. The Hall–Kier alpha value is -0.890. The molecule has 0 aliphatic heterocycles. The van der Waals surface area contributed by atoms with E-state index in [1.54, 1.807) is 0 Å². The summed E-state index contributed by atoms with van der Waals surface area (Å²) in [5.41, 5.74) is 8.57. The first-order valence-electron chi connectivity index (χ1n) is 5.50. The highest BCUT2D eigenvalue weighted by atomic mass is 14.8. The van der Waals surface area contributed by atoms with Crippen molar-refractivity contribution in [2.75, 3.05) is 0 Å². The number of nitrogens with two attached hydrogens (primary N) is 1. The highest BCUT2D eigenvalue weighted by Crippen LogP contribution is 2.36. The summed E-state index contributed by atoms with van der Waals surface area (Å²) in [6.45, 7) is 2.16. The van der Waals surface area contributed by atoms with Crippen molar-refractivity contribution in [1.82, 2.24) is 4.98 Å². The molecule has 1 fully saturated rings. The maximum atomic E-state index is 6.15. The summed E-state index contributed by atoms with van der Waals surface area (Å²) in [6, 6.07) is 4.28. The van der Waals surface area contributed by atoms with Gasteiger partial charge in [0.25, 0.3) is 0 Å². The van der Waals surface area contributed by atoms with E-state index < -0.39 is 0 Å². The van der Waals surface area contributed by atoms with Gasteiger partial charge in [0, 0.05) is 12.2 Å². The zero-order valence-corrected chi connectivity index (χ0v) is 8.74. The molecule has 1 atom stereocenters. The lowest BCUT2D eigenvalue weighted by atomic mass is 10.0. The van der Waals surface area contributed by atoms with Crippen LogP contribution < -0.4 is 5.73 Å². The summed E-state index contributed by atoms with van der Waals surface area (Å²) in [5.74, 6) is 0.872. The van der Waals surface area contributed by atoms with Gasteiger partial charge in [-0.3, -0.25) is 4.98 Å². The summed E-state index contributed by atoms with van der Waals surface area (Å²) in [4.78, 5) is 4.41. The van der Waals surface area contributed by atoms with Crippen molar-refractivity contribution >= 4 is 0 Å². The average molecular weight is 190 g/mol. The van der Waals surface area contributed by atoms with Gasteiger partial charge in [-0.15, -0.1) is 0 Å². The third-order valence-corrected chi connectivity index (χ3v) is 2.94. The lowest BCUT2D eigenvalue weighted by Gasteiger charge is -2.13. The molecular formula is C12H18N2. The molecule has 0 saturated heterocycles. The Morgan fingerprint density at radius 2 is 2.36 bits per heavy atom. The van der Waals surface area contributed by atoms with Crippen LogP contribution in [0.4, 0.5) is 0 Å². The number of aromatic nitrogens is 1. The quantitative estimate of drug-likeness (QED) is 0.792. The third-order valence-electron chi connectivity index (χ3n) is 2.94. The van der Waals surface area contributed by atoms with Gasteiger partial charge in [-0.25, -0.2) is 0 Å². The van der Waals surface area contributed by atoms with Crippen LogP contribution in [0, 0.1) is 5.92 Å². The molecule has 1 aliphatic rings. The fourth-order valence-corrected chi connectivity index (χ4v) is 1.91. The van der Waals surface area contributed by atoms with Crippen molar-refractivity contribution in [3.8, 4) is 0 Å². The average Bonchev–Trinajstić information content (AvgIpc) is 3.01. The molecule has 1 aromatic heterocycles. The first kappa shape index (κ1) is 9.66. The first-order valence-corrected chi connectivity index (χ1v) is 5.50. The van der Waals surface area contributed by atoms with Crippen LogP contribution in [-0.2, 0) is 6.42 Å². The van der Waals surface area contributed by atoms with Crippen molar-refractivity contribution in [3.63, 3.8) is 0 Å². The summed E-state index contributed by atoms with van der Waals surface area (Å²) < 4.78 is 0. The van der Waals surface area contributed by atoms with Crippen molar-refractivity contribution in [1.29, 1.82) is 0 Å². The lowest BCUT2D eigenvalue weighted by molar-refractivity contribution is 0.578. The van der Waals surface area contributed by atoms with E-state index in [9.17, 15) is 0 Å². The molecular weight excluding hydrogens is 172 g/mol. The van der Waals surface area contributed by atoms with Crippen LogP contribution in [0.15, 0.2) is 18.3 Å². The summed E-state index contributed by atoms with van der Waals surface area (Å²) in [5, 5.41) is 0. The number of pyridine rings is 1. The number of rotatable bonds is 4. The maximum Gasteiger partial charge on any atom is 0.0602 e. The smallest absolute Gasteiger partial charge is 0.0602 e. The fourth-order valence-electron chi connectivity index (χ4n) is 1.91. The van der Waals surface area contributed by atoms with E-state index in [0.717, 1.165) is 24.5 Å². The van der Waals surface area contributed by atoms with E-state index in [0.29, 0.717) is 0 Å². The van der Waals surface area contributed by atoms with Gasteiger partial charge in [0.15, 0.2) is 0 Å². The van der Waals surface area contributed by atoms with Crippen LogP contribution in [0.2, 0.25) is 0 Å². The van der Waals surface area contributed by atoms with Gasteiger partial charge in [0.05, 0.1) is 5.69 Å². The summed E-state index contributed by atoms with van der Waals surface area (Å²) in [6.07, 6.45) is 6.72. The molecule has 2 N–H and O–H groups in total. The molecule has 0 spiro atoms. The molecule has 0 radical (unpaired) electrons. The minimum absolute atomic E-state index is 0.152. The molecule has 0 amide bonds. The molecule has 1 saturated carbocycles. The van der Waals surface area contributed by atoms with Gasteiger partial charge in [-0.2, -0.15) is 0 Å². The van der Waals surface area contributed by atoms with E-state index in [-0.39, 0.29) is 6.04 Å². The minimum atomic E-state index is 0.152. The number of hydrogen-bond acceptors (Lipinski definition) is 2. The number of nitrogens with zero attached hydrogens (tertiary/aromatic N) is 1. The zero-order valence-electron chi connectivity index (χ0n) is 8.74. The van der Waals surface area contributed by atoms with Crippen LogP contribution in [0.25, 0.3) is 0 Å². The first-order chi connectivity index (χ1) is 6.81. The Morgan fingerprint density at radius 1 is 1.57 bits per heavy atom. The standard InChI is InChI=1S/C12H18N2/c1-2-10-4-3-7-14-12(10)11(13)8-9-5-6-9/h3-4,7,9,11H,2,5-6,8,13H2,1H3. The summed E-state index contributed by atoms with van der Waals surface area (Å²) in [7, 11) is 0. The monoisotopic (exact) mass is 190 g/mol. The van der Waals surface area contributed by atoms with Crippen LogP contribution in [0.3, 0.4) is 0 Å². The third kappa shape index (κ3) is 2.13. The van der Waals surface area contributed by atoms with Crippen molar-refractivity contribution in [2.24, 2.45) is 11.7 Å². The van der Waals surface area contributed by atoms with E-state index in [1.807, 2.05) is 12.3 Å². The second-order valence-electron chi connectivity index (χ2n) is 4.19. The second kappa shape index (κ2) is 4.09. The Kier molecular flexibility index (Phi) is 2.82. The van der Waals surface area contributed by atoms with Gasteiger partial charge in [0.1, 0.15) is 0 Å². The van der Waals surface area contributed by atoms with E-state index in [2.05, 4.69) is 18.0 Å². The number of aryl methyl sites for hydroxylation is 1. The lowest BCUT2D eigenvalue weighted by Crippen LogP contribution is -2.14. The molecule has 2 heteroatoms. The largest absolute Gasteiger partial charge is 0.323 e. The Bertz CT molecular complexity index is 305. The van der Waals surface area contributed by atoms with Crippen LogP contribution in [0.1, 0.15) is 43.5 Å². The van der Waals surface area contributed by atoms with Crippen molar-refractivity contribution in [2.45, 2.75) is 38.6 Å². The molecule has 1 heterocycles. The Labute approximate surface area is 85.5 Å². The molecule has 76 valence electrons. The molecule has 1 aromatic rings. The molecule has 0 aromatic carbocycles. The molecule has 2 nitrogen and oxygen atoms in total. The molecule has 2 rings (SSSR count). The van der Waals surface area contributed by atoms with Gasteiger partial charge in [0.2, 0.25) is 0 Å². The van der Waals surface area contributed by atoms with E-state index in [1.165, 1.54) is 18.4 Å². The number of hydrogen-bond donors (Lipinski definition) is 1. The van der Waals surface area contributed by atoms with Gasteiger partial charge in [-0.05, 0) is 30.4 Å². The Morgan fingerprint density at radius 3 is 3.00 bits per heavy atom. The topological polar surface area (TPSA) is 38.9 Å². The second-order valence-corrected chi connectivity index (χ2v) is 4.19. The van der Waals surface area contributed by atoms with Crippen LogP contribution in [-0.4, -0.2) is 4.98 Å². The highest BCUT2D eigenvalue weighted by molar-refractivity contribution is 5.22. The predicted molar refractivity (Wildman–Crippen MR) is 57.9 cm³/mol. The minimum Gasteiger partial charge on any atom is -0.323 e. The van der Waals surface area contributed by atoms with E-state index in [4.69, 9.17) is 5.73 Å².